The van der Waals surface area contributed by atoms with Crippen molar-refractivity contribution in [1.82, 2.24) is 0 Å². The molecule has 4 N–H and O–H groups in total. The lowest BCUT2D eigenvalue weighted by Gasteiger charge is -2.24. The third kappa shape index (κ3) is 9.92. The van der Waals surface area contributed by atoms with Crippen LogP contribution in [0.3, 0.4) is 0 Å². The third-order valence-corrected chi connectivity index (χ3v) is 5.58. The number of amidine groups is 1. The maximum Gasteiger partial charge on any atom is 0.571 e. The van der Waals surface area contributed by atoms with Crippen molar-refractivity contribution < 1.29 is 27.7 Å². The molecule has 0 saturated heterocycles. The molecule has 0 aliphatic heterocycles. The standard InChI is InChI=1S/C12H20O4Si.CH4BN2O2/c1-13-17(14-2,15-3)11-7-10-16-12-8-5-4-6-9-12;3-1(4)6-2-5/h4-6,8-9H,7,10-11H2,1-3H3;5H,(H3,3,4). The molecule has 1 rings (SSSR count). The lowest BCUT2D eigenvalue weighted by Crippen LogP contribution is -2.42. The zero-order chi connectivity index (χ0) is 17.6. The minimum absolute atomic E-state index is 0.350. The van der Waals surface area contributed by atoms with Gasteiger partial charge >= 0.3 is 16.5 Å². The molecule has 0 heterocycles. The molecule has 0 fully saturated rings. The smallest absolute Gasteiger partial charge is 0.511 e. The first-order valence-electron chi connectivity index (χ1n) is 6.83. The molecule has 10 heteroatoms. The minimum Gasteiger partial charge on any atom is -0.511 e. The Kier molecular flexibility index (Phi) is 12.0. The topological polar surface area (TPSA) is 116 Å². The van der Waals surface area contributed by atoms with Crippen LogP contribution >= 0.6 is 0 Å². The third-order valence-electron chi connectivity index (χ3n) is 2.75. The van der Waals surface area contributed by atoms with Gasteiger partial charge in [0.1, 0.15) is 5.75 Å². The van der Waals surface area contributed by atoms with Gasteiger partial charge in [0.05, 0.1) is 6.61 Å². The molecule has 0 aliphatic carbocycles. The molecule has 0 aromatic heterocycles. The number of rotatable bonds is 9. The van der Waals surface area contributed by atoms with Crippen LogP contribution in [0.5, 0.6) is 5.75 Å². The van der Waals surface area contributed by atoms with Gasteiger partial charge in [0, 0.05) is 27.4 Å². The van der Waals surface area contributed by atoms with Gasteiger partial charge in [0.25, 0.3) is 6.02 Å². The maximum absolute atomic E-state index is 7.67. The van der Waals surface area contributed by atoms with Crippen molar-refractivity contribution in [2.45, 2.75) is 12.5 Å². The van der Waals surface area contributed by atoms with Crippen molar-refractivity contribution in [2.24, 2.45) is 5.73 Å². The van der Waals surface area contributed by atoms with Gasteiger partial charge in [-0.3, -0.25) is 5.41 Å². The Balaban J connectivity index is 0.000000688. The average molecular weight is 343 g/mol. The first kappa shape index (κ1) is 21.4. The maximum atomic E-state index is 7.67. The predicted molar refractivity (Wildman–Crippen MR) is 89.1 cm³/mol. The van der Waals surface area contributed by atoms with E-state index in [9.17, 15) is 0 Å². The molecule has 23 heavy (non-hydrogen) atoms. The largest absolute Gasteiger partial charge is 0.571 e. The van der Waals surface area contributed by atoms with Gasteiger partial charge in [0.2, 0.25) is 0 Å². The number of nitrogens with one attached hydrogen (secondary N) is 1. The van der Waals surface area contributed by atoms with E-state index in [4.69, 9.17) is 28.4 Å². The van der Waals surface area contributed by atoms with Gasteiger partial charge < -0.3 is 33.4 Å². The van der Waals surface area contributed by atoms with Crippen LogP contribution in [0.2, 0.25) is 6.04 Å². The van der Waals surface area contributed by atoms with Crippen LogP contribution in [-0.4, -0.2) is 55.5 Å². The fourth-order valence-electron chi connectivity index (χ4n) is 1.61. The lowest BCUT2D eigenvalue weighted by molar-refractivity contribution is 0.121. The first-order chi connectivity index (χ1) is 11.0. The summed E-state index contributed by atoms with van der Waals surface area (Å²) in [5, 5.41) is 13.9. The summed E-state index contributed by atoms with van der Waals surface area (Å²) in [6, 6.07) is 9.98. The SMILES string of the molecule is CO[Si](CCCOc1ccccc1)(OC)OC.N=C(N)O[B]O. The van der Waals surface area contributed by atoms with Crippen LogP contribution < -0.4 is 10.5 Å². The number of ether oxygens (including phenoxy) is 1. The Morgan fingerprint density at radius 2 is 1.74 bits per heavy atom. The summed E-state index contributed by atoms with van der Waals surface area (Å²) in [5.41, 5.74) is 4.57. The average Bonchev–Trinajstić information content (AvgIpc) is 2.57. The molecule has 129 valence electrons. The molecular formula is C13H24BN2O6Si. The van der Waals surface area contributed by atoms with Crippen LogP contribution in [0.25, 0.3) is 0 Å². The van der Waals surface area contributed by atoms with Crippen LogP contribution in [0, 0.1) is 5.41 Å². The van der Waals surface area contributed by atoms with E-state index >= 15 is 0 Å². The molecule has 0 bridgehead atoms. The van der Waals surface area contributed by atoms with Crippen LogP contribution in [0.15, 0.2) is 30.3 Å². The number of hydrogen-bond acceptors (Lipinski definition) is 7. The van der Waals surface area contributed by atoms with Crippen molar-refractivity contribution in [3.8, 4) is 5.75 Å². The summed E-state index contributed by atoms with van der Waals surface area (Å²) in [7, 11) is 2.78. The van der Waals surface area contributed by atoms with Gasteiger partial charge in [-0.1, -0.05) is 18.2 Å². The zero-order valence-corrected chi connectivity index (χ0v) is 14.7. The fourth-order valence-corrected chi connectivity index (χ4v) is 3.30. The minimum atomic E-state index is -2.44. The molecule has 8 nitrogen and oxygen atoms in total. The van der Waals surface area contributed by atoms with Gasteiger partial charge in [-0.2, -0.15) is 0 Å². The van der Waals surface area contributed by atoms with E-state index in [0.29, 0.717) is 14.3 Å². The van der Waals surface area contributed by atoms with E-state index in [2.05, 4.69) is 10.4 Å². The van der Waals surface area contributed by atoms with Gasteiger partial charge in [-0.05, 0) is 18.6 Å². The van der Waals surface area contributed by atoms with Crippen LogP contribution in [-0.2, 0) is 17.9 Å². The molecule has 0 saturated carbocycles. The Bertz CT molecular complexity index is 414. The van der Waals surface area contributed by atoms with Gasteiger partial charge in [0.15, 0.2) is 0 Å². The number of nitrogens with two attached hydrogens (primary N) is 1. The normalized spacial score (nSPS) is 10.3. The van der Waals surface area contributed by atoms with E-state index in [1.54, 1.807) is 21.3 Å². The first-order valence-corrected chi connectivity index (χ1v) is 8.76. The van der Waals surface area contributed by atoms with E-state index < -0.39 is 14.8 Å². The molecule has 0 atom stereocenters. The molecule has 1 aromatic rings. The quantitative estimate of drug-likeness (QED) is 0.262. The van der Waals surface area contributed by atoms with Crippen LogP contribution in [0.1, 0.15) is 6.42 Å². The molecule has 0 unspecified atom stereocenters. The number of hydrogen-bond donors (Lipinski definition) is 3. The van der Waals surface area contributed by atoms with Crippen LogP contribution in [0.4, 0.5) is 0 Å². The molecule has 1 aromatic carbocycles. The molecule has 0 aliphatic rings. The highest BCUT2D eigenvalue weighted by Crippen LogP contribution is 2.16. The fraction of sp³-hybridized carbons (Fsp3) is 0.462. The summed E-state index contributed by atoms with van der Waals surface area (Å²) >= 11 is 0. The second-order valence-electron chi connectivity index (χ2n) is 4.15. The Morgan fingerprint density at radius 1 is 1.17 bits per heavy atom. The van der Waals surface area contributed by atoms with Gasteiger partial charge in [-0.15, -0.1) is 0 Å². The zero-order valence-electron chi connectivity index (χ0n) is 13.7. The van der Waals surface area contributed by atoms with E-state index in [1.165, 1.54) is 0 Å². The second kappa shape index (κ2) is 12.9. The number of benzene rings is 1. The Morgan fingerprint density at radius 3 is 2.13 bits per heavy atom. The predicted octanol–water partition coefficient (Wildman–Crippen LogP) is 0.757. The highest BCUT2D eigenvalue weighted by molar-refractivity contribution is 6.60. The van der Waals surface area contributed by atoms with Crippen molar-refractivity contribution >= 4 is 22.5 Å². The Labute approximate surface area is 138 Å². The van der Waals surface area contributed by atoms with Crippen molar-refractivity contribution in [3.05, 3.63) is 30.3 Å². The second-order valence-corrected chi connectivity index (χ2v) is 7.24. The highest BCUT2D eigenvalue weighted by Gasteiger charge is 2.36. The Hall–Kier alpha value is -1.59. The van der Waals surface area contributed by atoms with E-state index in [1.807, 2.05) is 30.3 Å². The van der Waals surface area contributed by atoms with E-state index in [-0.39, 0.29) is 0 Å². The molecule has 0 amide bonds. The summed E-state index contributed by atoms with van der Waals surface area (Å²) in [5.74, 6) is 0.881. The van der Waals surface area contributed by atoms with Crippen molar-refractivity contribution in [2.75, 3.05) is 27.9 Å². The van der Waals surface area contributed by atoms with Gasteiger partial charge in [-0.25, -0.2) is 0 Å². The molecule has 0 spiro atoms. The number of para-hydroxylation sites is 1. The summed E-state index contributed by atoms with van der Waals surface area (Å²) < 4.78 is 25.4. The molecular weight excluding hydrogens is 319 g/mol. The highest BCUT2D eigenvalue weighted by atomic mass is 28.4. The summed E-state index contributed by atoms with van der Waals surface area (Å²) in [4.78, 5) is 0. The summed E-state index contributed by atoms with van der Waals surface area (Å²) in [6.45, 7) is 0.634. The summed E-state index contributed by atoms with van der Waals surface area (Å²) in [6.07, 6.45) is 0.844. The molecule has 1 radical (unpaired) electrons. The lowest BCUT2D eigenvalue weighted by atomic mass is 10.3. The monoisotopic (exact) mass is 343 g/mol. The van der Waals surface area contributed by atoms with Crippen molar-refractivity contribution in [3.63, 3.8) is 0 Å². The van der Waals surface area contributed by atoms with Crippen molar-refractivity contribution in [1.29, 1.82) is 5.41 Å². The van der Waals surface area contributed by atoms with E-state index in [0.717, 1.165) is 18.2 Å².